The topological polar surface area (TPSA) is 54.5 Å². The molecule has 0 unspecified atom stereocenters. The number of hydrogen-bond donors (Lipinski definition) is 0. The Bertz CT molecular complexity index is 770. The van der Waals surface area contributed by atoms with Crippen LogP contribution < -0.4 is 4.90 Å². The molecular weight excluding hydrogens is 310 g/mol. The van der Waals surface area contributed by atoms with Crippen LogP contribution in [0, 0.1) is 6.92 Å². The van der Waals surface area contributed by atoms with Crippen LogP contribution in [-0.2, 0) is 14.6 Å². The van der Waals surface area contributed by atoms with Gasteiger partial charge in [0.25, 0.3) is 0 Å². The molecule has 2 aromatic rings. The second-order valence-corrected chi connectivity index (χ2v) is 7.42. The molecule has 5 heteroatoms. The molecule has 0 atom stereocenters. The van der Waals surface area contributed by atoms with Gasteiger partial charge in [-0.3, -0.25) is 4.79 Å². The molecule has 0 spiro atoms. The van der Waals surface area contributed by atoms with Crippen molar-refractivity contribution in [2.24, 2.45) is 0 Å². The first-order valence-electron chi connectivity index (χ1n) is 7.59. The van der Waals surface area contributed by atoms with E-state index in [1.54, 1.807) is 35.2 Å². The van der Waals surface area contributed by atoms with Crippen molar-refractivity contribution in [1.82, 2.24) is 0 Å². The summed E-state index contributed by atoms with van der Waals surface area (Å²) in [6, 6.07) is 15.8. The smallest absolute Gasteiger partial charge is 0.228 e. The number of sulfone groups is 1. The number of para-hydroxylation sites is 1. The molecule has 0 radical (unpaired) electrons. The maximum atomic E-state index is 12.5. The quantitative estimate of drug-likeness (QED) is 0.817. The van der Waals surface area contributed by atoms with Crippen molar-refractivity contribution in [3.05, 3.63) is 60.2 Å². The van der Waals surface area contributed by atoms with E-state index in [4.69, 9.17) is 0 Å². The zero-order valence-corrected chi connectivity index (χ0v) is 14.2. The Kier molecular flexibility index (Phi) is 5.55. The zero-order valence-electron chi connectivity index (χ0n) is 13.4. The Morgan fingerprint density at radius 2 is 1.61 bits per heavy atom. The molecule has 0 aromatic heterocycles. The van der Waals surface area contributed by atoms with Crippen LogP contribution in [0.5, 0.6) is 0 Å². The van der Waals surface area contributed by atoms with Crippen LogP contribution in [0.25, 0.3) is 0 Å². The molecule has 0 aliphatic heterocycles. The fourth-order valence-corrected chi connectivity index (χ4v) is 3.70. The SMILES string of the molecule is CCN(C(=O)CCS(=O)(=O)c1ccccc1)c1ccccc1C. The maximum absolute atomic E-state index is 12.5. The van der Waals surface area contributed by atoms with Gasteiger partial charge in [0.05, 0.1) is 10.6 Å². The number of aryl methyl sites for hydroxylation is 1. The van der Waals surface area contributed by atoms with Gasteiger partial charge in [-0.05, 0) is 37.6 Å². The van der Waals surface area contributed by atoms with Crippen LogP contribution in [0.2, 0.25) is 0 Å². The van der Waals surface area contributed by atoms with Gasteiger partial charge in [0.1, 0.15) is 0 Å². The molecule has 4 nitrogen and oxygen atoms in total. The molecule has 0 bridgehead atoms. The summed E-state index contributed by atoms with van der Waals surface area (Å²) in [5.74, 6) is -0.362. The van der Waals surface area contributed by atoms with Crippen molar-refractivity contribution in [3.8, 4) is 0 Å². The molecule has 0 saturated carbocycles. The first kappa shape index (κ1) is 17.2. The van der Waals surface area contributed by atoms with E-state index in [2.05, 4.69) is 0 Å². The van der Waals surface area contributed by atoms with Crippen molar-refractivity contribution in [3.63, 3.8) is 0 Å². The summed E-state index contributed by atoms with van der Waals surface area (Å²) in [5.41, 5.74) is 1.82. The number of carbonyl (C=O) groups excluding carboxylic acids is 1. The van der Waals surface area contributed by atoms with E-state index in [-0.39, 0.29) is 23.0 Å². The Morgan fingerprint density at radius 1 is 1.00 bits per heavy atom. The Labute approximate surface area is 137 Å². The molecule has 0 aliphatic carbocycles. The fourth-order valence-electron chi connectivity index (χ4n) is 2.45. The number of nitrogens with zero attached hydrogens (tertiary/aromatic N) is 1. The molecule has 0 N–H and O–H groups in total. The minimum Gasteiger partial charge on any atom is -0.312 e. The van der Waals surface area contributed by atoms with Gasteiger partial charge < -0.3 is 4.90 Å². The first-order chi connectivity index (χ1) is 11.0. The number of hydrogen-bond acceptors (Lipinski definition) is 3. The van der Waals surface area contributed by atoms with E-state index < -0.39 is 9.84 Å². The lowest BCUT2D eigenvalue weighted by atomic mass is 10.1. The summed E-state index contributed by atoms with van der Waals surface area (Å²) >= 11 is 0. The van der Waals surface area contributed by atoms with Crippen LogP contribution in [0.4, 0.5) is 5.69 Å². The Hall–Kier alpha value is -2.14. The van der Waals surface area contributed by atoms with E-state index in [1.165, 1.54) is 0 Å². The standard InChI is InChI=1S/C18H21NO3S/c1-3-19(17-12-8-7-9-15(17)2)18(20)13-14-23(21,22)16-10-5-4-6-11-16/h4-12H,3,13-14H2,1-2H3. The highest BCUT2D eigenvalue weighted by Gasteiger charge is 2.20. The summed E-state index contributed by atoms with van der Waals surface area (Å²) in [6.07, 6.45) is -0.0284. The molecule has 2 rings (SSSR count). The van der Waals surface area contributed by atoms with Gasteiger partial charge in [0.15, 0.2) is 9.84 Å². The third kappa shape index (κ3) is 4.20. The zero-order chi connectivity index (χ0) is 16.9. The fraction of sp³-hybridized carbons (Fsp3) is 0.278. The summed E-state index contributed by atoms with van der Waals surface area (Å²) in [5, 5.41) is 0. The largest absolute Gasteiger partial charge is 0.312 e. The second kappa shape index (κ2) is 7.42. The molecule has 23 heavy (non-hydrogen) atoms. The maximum Gasteiger partial charge on any atom is 0.228 e. The predicted molar refractivity (Wildman–Crippen MR) is 92.3 cm³/mol. The van der Waals surface area contributed by atoms with Crippen LogP contribution >= 0.6 is 0 Å². The van der Waals surface area contributed by atoms with Gasteiger partial charge in [-0.1, -0.05) is 36.4 Å². The number of benzene rings is 2. The molecule has 2 aromatic carbocycles. The summed E-state index contributed by atoms with van der Waals surface area (Å²) < 4.78 is 24.6. The van der Waals surface area contributed by atoms with Gasteiger partial charge in [0.2, 0.25) is 5.91 Å². The van der Waals surface area contributed by atoms with Crippen molar-refractivity contribution >= 4 is 21.4 Å². The van der Waals surface area contributed by atoms with Gasteiger partial charge in [0, 0.05) is 18.7 Å². The number of anilines is 1. The minimum atomic E-state index is -3.44. The van der Waals surface area contributed by atoms with Crippen molar-refractivity contribution < 1.29 is 13.2 Å². The van der Waals surface area contributed by atoms with E-state index in [9.17, 15) is 13.2 Å². The Morgan fingerprint density at radius 3 is 2.22 bits per heavy atom. The summed E-state index contributed by atoms with van der Waals surface area (Å²) in [6.45, 7) is 4.33. The molecule has 0 aliphatic rings. The molecule has 122 valence electrons. The number of rotatable bonds is 6. The molecule has 0 saturated heterocycles. The number of amides is 1. The van der Waals surface area contributed by atoms with Crippen molar-refractivity contribution in [1.29, 1.82) is 0 Å². The van der Waals surface area contributed by atoms with E-state index in [1.807, 2.05) is 38.1 Å². The monoisotopic (exact) mass is 331 g/mol. The second-order valence-electron chi connectivity index (χ2n) is 5.31. The molecule has 0 heterocycles. The van der Waals surface area contributed by atoms with Crippen LogP contribution in [0.3, 0.4) is 0 Å². The summed E-state index contributed by atoms with van der Waals surface area (Å²) in [4.78, 5) is 14.4. The minimum absolute atomic E-state index is 0.0284. The summed E-state index contributed by atoms with van der Waals surface area (Å²) in [7, 11) is -3.44. The predicted octanol–water partition coefficient (Wildman–Crippen LogP) is 3.21. The Balaban J connectivity index is 2.11. The molecule has 1 amide bonds. The van der Waals surface area contributed by atoms with Crippen LogP contribution in [-0.4, -0.2) is 26.6 Å². The lowest BCUT2D eigenvalue weighted by Crippen LogP contribution is -2.32. The van der Waals surface area contributed by atoms with Gasteiger partial charge in [-0.15, -0.1) is 0 Å². The van der Waals surface area contributed by atoms with Crippen molar-refractivity contribution in [2.75, 3.05) is 17.2 Å². The average Bonchev–Trinajstić information content (AvgIpc) is 2.56. The highest BCUT2D eigenvalue weighted by molar-refractivity contribution is 7.91. The van der Waals surface area contributed by atoms with Gasteiger partial charge >= 0.3 is 0 Å². The van der Waals surface area contributed by atoms with E-state index in [0.29, 0.717) is 6.54 Å². The molecule has 0 fully saturated rings. The van der Waals surface area contributed by atoms with Gasteiger partial charge in [-0.25, -0.2) is 8.42 Å². The van der Waals surface area contributed by atoms with E-state index >= 15 is 0 Å². The third-order valence-electron chi connectivity index (χ3n) is 3.71. The lowest BCUT2D eigenvalue weighted by molar-refractivity contribution is -0.118. The van der Waals surface area contributed by atoms with Crippen molar-refractivity contribution in [2.45, 2.75) is 25.2 Å². The third-order valence-corrected chi connectivity index (χ3v) is 5.44. The van der Waals surface area contributed by atoms with Gasteiger partial charge in [-0.2, -0.15) is 0 Å². The average molecular weight is 331 g/mol. The normalized spacial score (nSPS) is 11.2. The molecular formula is C18H21NO3S. The van der Waals surface area contributed by atoms with Crippen LogP contribution in [0.1, 0.15) is 18.9 Å². The lowest BCUT2D eigenvalue weighted by Gasteiger charge is -2.23. The highest BCUT2D eigenvalue weighted by Crippen LogP contribution is 2.20. The van der Waals surface area contributed by atoms with Crippen LogP contribution in [0.15, 0.2) is 59.5 Å². The number of carbonyl (C=O) groups is 1. The first-order valence-corrected chi connectivity index (χ1v) is 9.24. The highest BCUT2D eigenvalue weighted by atomic mass is 32.2. The van der Waals surface area contributed by atoms with E-state index in [0.717, 1.165) is 11.3 Å².